The molecule has 0 aliphatic carbocycles. The zero-order valence-corrected chi connectivity index (χ0v) is 22.0. The van der Waals surface area contributed by atoms with Crippen LogP contribution in [0.1, 0.15) is 53.9 Å². The molecular formula is C29H41NO6. The Kier molecular flexibility index (Phi) is 11.9. The van der Waals surface area contributed by atoms with Crippen molar-refractivity contribution in [2.24, 2.45) is 11.8 Å². The molecule has 0 aromatic heterocycles. The van der Waals surface area contributed by atoms with Crippen molar-refractivity contribution < 1.29 is 29.3 Å². The van der Waals surface area contributed by atoms with Crippen LogP contribution in [0.4, 0.5) is 4.79 Å². The first kappa shape index (κ1) is 29.3. The number of carboxylic acid groups (broad SMARTS) is 1. The van der Waals surface area contributed by atoms with Gasteiger partial charge in [-0.05, 0) is 39.2 Å². The molecule has 0 aromatic rings. The van der Waals surface area contributed by atoms with Crippen LogP contribution in [0.15, 0.2) is 71.9 Å². The maximum absolute atomic E-state index is 11.4. The SMILES string of the molecule is C/C=C/[C@@H]1O[C@H]([C@@H](/C=C/C=C(\C)C[C@@H](C)/C=C(C)\C=C\C2CC=CC(=O)O2)NC(=O)O)C[C@@H](O)[C@@H]1C. The van der Waals surface area contributed by atoms with E-state index in [0.717, 1.165) is 17.6 Å². The average molecular weight is 500 g/mol. The number of amides is 1. The summed E-state index contributed by atoms with van der Waals surface area (Å²) < 4.78 is 11.4. The van der Waals surface area contributed by atoms with Crippen molar-refractivity contribution in [2.45, 2.75) is 84.3 Å². The third-order valence-corrected chi connectivity index (χ3v) is 6.36. The second kappa shape index (κ2) is 14.6. The lowest BCUT2D eigenvalue weighted by Crippen LogP contribution is -2.51. The molecule has 0 spiro atoms. The van der Waals surface area contributed by atoms with Gasteiger partial charge in [0.15, 0.2) is 0 Å². The van der Waals surface area contributed by atoms with Crippen molar-refractivity contribution in [3.63, 3.8) is 0 Å². The quantitative estimate of drug-likeness (QED) is 0.215. The van der Waals surface area contributed by atoms with Crippen LogP contribution in [-0.4, -0.2) is 52.7 Å². The first-order valence-electron chi connectivity index (χ1n) is 12.6. The topological polar surface area (TPSA) is 105 Å². The minimum Gasteiger partial charge on any atom is -0.465 e. The Balaban J connectivity index is 1.98. The van der Waals surface area contributed by atoms with Gasteiger partial charge >= 0.3 is 12.1 Å². The van der Waals surface area contributed by atoms with Crippen molar-refractivity contribution in [3.8, 4) is 0 Å². The highest BCUT2D eigenvalue weighted by Gasteiger charge is 2.37. The molecule has 0 radical (unpaired) electrons. The average Bonchev–Trinajstić information content (AvgIpc) is 2.79. The molecule has 3 N–H and O–H groups in total. The van der Waals surface area contributed by atoms with Crippen LogP contribution in [0.3, 0.4) is 0 Å². The summed E-state index contributed by atoms with van der Waals surface area (Å²) in [6, 6.07) is -0.574. The first-order valence-corrected chi connectivity index (χ1v) is 12.6. The number of aliphatic hydroxyl groups is 1. The van der Waals surface area contributed by atoms with Crippen LogP contribution in [-0.2, 0) is 14.3 Å². The smallest absolute Gasteiger partial charge is 0.405 e. The predicted molar refractivity (Wildman–Crippen MR) is 141 cm³/mol. The number of hydrogen-bond donors (Lipinski definition) is 3. The minimum atomic E-state index is -1.13. The zero-order valence-electron chi connectivity index (χ0n) is 22.0. The zero-order chi connectivity index (χ0) is 26.7. The minimum absolute atomic E-state index is 0.0589. The van der Waals surface area contributed by atoms with Crippen molar-refractivity contribution in [3.05, 3.63) is 71.9 Å². The maximum atomic E-state index is 11.4. The molecule has 36 heavy (non-hydrogen) atoms. The van der Waals surface area contributed by atoms with E-state index in [-0.39, 0.29) is 24.1 Å². The summed E-state index contributed by atoms with van der Waals surface area (Å²) in [6.45, 7) is 10.0. The molecule has 1 fully saturated rings. The van der Waals surface area contributed by atoms with Crippen LogP contribution in [0.5, 0.6) is 0 Å². The lowest BCUT2D eigenvalue weighted by atomic mass is 9.87. The van der Waals surface area contributed by atoms with Gasteiger partial charge in [0.1, 0.15) is 6.10 Å². The van der Waals surface area contributed by atoms with Crippen LogP contribution in [0.25, 0.3) is 0 Å². The number of carbonyl (C=O) groups is 2. The normalized spacial score (nSPS) is 29.6. The summed E-state index contributed by atoms with van der Waals surface area (Å²) in [4.78, 5) is 22.7. The summed E-state index contributed by atoms with van der Waals surface area (Å²) in [5.74, 6) is -0.0729. The fourth-order valence-electron chi connectivity index (χ4n) is 4.49. The summed E-state index contributed by atoms with van der Waals surface area (Å²) >= 11 is 0. The van der Waals surface area contributed by atoms with E-state index in [2.05, 4.69) is 18.3 Å². The van der Waals surface area contributed by atoms with Crippen LogP contribution < -0.4 is 5.32 Å². The molecule has 0 bridgehead atoms. The van der Waals surface area contributed by atoms with Gasteiger partial charge in [0.2, 0.25) is 0 Å². The second-order valence-electron chi connectivity index (χ2n) is 9.76. The standard InChI is InChI=1S/C29H41NO6/c1-6-9-26-22(5)25(31)18-27(36-26)24(30-29(33)34)12-7-10-19(2)16-21(4)17-20(3)14-15-23-11-8-13-28(32)35-23/h6-10,12-15,17,21-27,30-31H,11,16,18H2,1-5H3,(H,33,34)/b9-6+,12-7+,15-14+,19-10+,20-17-/t21-,22+,23?,24-,25-,26+,27+/m1/s1. The third-order valence-electron chi connectivity index (χ3n) is 6.36. The lowest BCUT2D eigenvalue weighted by Gasteiger charge is -2.39. The number of hydrogen-bond acceptors (Lipinski definition) is 5. The van der Waals surface area contributed by atoms with Crippen molar-refractivity contribution >= 4 is 12.1 Å². The fraction of sp³-hybridized carbons (Fsp3) is 0.517. The van der Waals surface area contributed by atoms with Crippen LogP contribution in [0.2, 0.25) is 0 Å². The van der Waals surface area contributed by atoms with E-state index in [1.165, 1.54) is 6.08 Å². The number of aliphatic hydroxyl groups excluding tert-OH is 1. The number of carbonyl (C=O) groups excluding carboxylic acids is 1. The first-order chi connectivity index (χ1) is 17.1. The summed E-state index contributed by atoms with van der Waals surface area (Å²) in [7, 11) is 0. The number of rotatable bonds is 10. The Morgan fingerprint density at radius 2 is 2.06 bits per heavy atom. The van der Waals surface area contributed by atoms with Gasteiger partial charge in [-0.1, -0.05) is 73.6 Å². The van der Waals surface area contributed by atoms with Crippen LogP contribution in [0, 0.1) is 11.8 Å². The Morgan fingerprint density at radius 3 is 2.72 bits per heavy atom. The van der Waals surface area contributed by atoms with E-state index in [1.54, 1.807) is 6.08 Å². The molecule has 0 saturated carbocycles. The van der Waals surface area contributed by atoms with E-state index in [9.17, 15) is 19.8 Å². The van der Waals surface area contributed by atoms with Crippen LogP contribution >= 0.6 is 0 Å². The van der Waals surface area contributed by atoms with Crippen molar-refractivity contribution in [2.75, 3.05) is 0 Å². The molecule has 0 aromatic carbocycles. The number of esters is 1. The summed E-state index contributed by atoms with van der Waals surface area (Å²) in [5.41, 5.74) is 2.25. The molecule has 2 heterocycles. The molecule has 1 unspecified atom stereocenters. The van der Waals surface area contributed by atoms with Crippen molar-refractivity contribution in [1.29, 1.82) is 0 Å². The Hall–Kier alpha value is -2.90. The number of ether oxygens (including phenoxy) is 2. The van der Waals surface area contributed by atoms with E-state index < -0.39 is 24.3 Å². The molecule has 1 saturated heterocycles. The number of nitrogens with one attached hydrogen (secondary N) is 1. The Morgan fingerprint density at radius 1 is 1.31 bits per heavy atom. The van der Waals surface area contributed by atoms with Gasteiger partial charge in [-0.3, -0.25) is 0 Å². The monoisotopic (exact) mass is 499 g/mol. The molecule has 2 rings (SSSR count). The predicted octanol–water partition coefficient (Wildman–Crippen LogP) is 5.26. The highest BCUT2D eigenvalue weighted by Crippen LogP contribution is 2.28. The van der Waals surface area contributed by atoms with Gasteiger partial charge in [-0.25, -0.2) is 9.59 Å². The number of cyclic esters (lactones) is 1. The molecule has 7 atom stereocenters. The van der Waals surface area contributed by atoms with Gasteiger partial charge in [0.05, 0.1) is 24.4 Å². The third kappa shape index (κ3) is 9.99. The molecule has 2 aliphatic rings. The second-order valence-corrected chi connectivity index (χ2v) is 9.76. The van der Waals surface area contributed by atoms with Gasteiger partial charge in [0.25, 0.3) is 0 Å². The molecule has 7 heteroatoms. The highest BCUT2D eigenvalue weighted by molar-refractivity contribution is 5.82. The molecule has 2 aliphatic heterocycles. The van der Waals surface area contributed by atoms with Gasteiger partial charge < -0.3 is 25.0 Å². The Bertz CT molecular complexity index is 928. The van der Waals surface area contributed by atoms with Gasteiger partial charge in [-0.15, -0.1) is 0 Å². The maximum Gasteiger partial charge on any atom is 0.405 e. The molecule has 198 valence electrons. The Labute approximate surface area is 214 Å². The van der Waals surface area contributed by atoms with Crippen molar-refractivity contribution in [1.82, 2.24) is 5.32 Å². The lowest BCUT2D eigenvalue weighted by molar-refractivity contribution is -0.141. The molecular weight excluding hydrogens is 458 g/mol. The largest absolute Gasteiger partial charge is 0.465 e. The van der Waals surface area contributed by atoms with E-state index in [0.29, 0.717) is 18.8 Å². The molecule has 1 amide bonds. The van der Waals surface area contributed by atoms with E-state index >= 15 is 0 Å². The molecule has 7 nitrogen and oxygen atoms in total. The van der Waals surface area contributed by atoms with E-state index in [4.69, 9.17) is 9.47 Å². The summed E-state index contributed by atoms with van der Waals surface area (Å²) in [6.07, 6.45) is 18.0. The fourth-order valence-corrected chi connectivity index (χ4v) is 4.49. The van der Waals surface area contributed by atoms with Gasteiger partial charge in [-0.2, -0.15) is 0 Å². The van der Waals surface area contributed by atoms with Gasteiger partial charge in [0, 0.05) is 24.8 Å². The number of allylic oxidation sites excluding steroid dienone is 7. The highest BCUT2D eigenvalue weighted by atomic mass is 16.5. The summed E-state index contributed by atoms with van der Waals surface area (Å²) in [5, 5.41) is 22.3. The van der Waals surface area contributed by atoms with E-state index in [1.807, 2.05) is 70.2 Å².